The van der Waals surface area contributed by atoms with E-state index in [0.717, 1.165) is 0 Å². The van der Waals surface area contributed by atoms with E-state index < -0.39 is 12.0 Å². The van der Waals surface area contributed by atoms with Crippen LogP contribution in [0.25, 0.3) is 0 Å². The number of hydrogen-bond acceptors (Lipinski definition) is 4. The van der Waals surface area contributed by atoms with Crippen LogP contribution >= 0.6 is 0 Å². The van der Waals surface area contributed by atoms with Crippen molar-refractivity contribution in [1.82, 2.24) is 9.80 Å². The minimum atomic E-state index is -0.970. The summed E-state index contributed by atoms with van der Waals surface area (Å²) in [6, 6.07) is 8.29. The number of aliphatic carboxylic acids is 1. The maximum Gasteiger partial charge on any atom is 0.326 e. The number of piperazine rings is 1. The first-order valence-electron chi connectivity index (χ1n) is 8.06. The minimum Gasteiger partial charge on any atom is -0.493 e. The smallest absolute Gasteiger partial charge is 0.326 e. The zero-order valence-corrected chi connectivity index (χ0v) is 13.3. The van der Waals surface area contributed by atoms with Gasteiger partial charge < -0.3 is 19.6 Å². The van der Waals surface area contributed by atoms with Gasteiger partial charge in [0.2, 0.25) is 11.8 Å². The van der Waals surface area contributed by atoms with Gasteiger partial charge in [0.25, 0.3) is 0 Å². The molecular weight excluding hydrogens is 312 g/mol. The van der Waals surface area contributed by atoms with Gasteiger partial charge in [-0.25, -0.2) is 4.79 Å². The van der Waals surface area contributed by atoms with E-state index in [1.54, 1.807) is 0 Å². The number of para-hydroxylation sites is 1. The lowest BCUT2D eigenvalue weighted by molar-refractivity contribution is -0.155. The highest BCUT2D eigenvalue weighted by Crippen LogP contribution is 2.28. The summed E-state index contributed by atoms with van der Waals surface area (Å²) < 4.78 is 5.51. The van der Waals surface area contributed by atoms with Crippen molar-refractivity contribution >= 4 is 17.8 Å². The zero-order chi connectivity index (χ0) is 17.1. The molecule has 7 nitrogen and oxygen atoms in total. The van der Waals surface area contributed by atoms with Crippen molar-refractivity contribution < 1.29 is 24.2 Å². The number of carbonyl (C=O) groups is 3. The predicted octanol–water partition coefficient (Wildman–Crippen LogP) is 0.742. The Bertz CT molecular complexity index is 633. The molecule has 2 atom stereocenters. The Morgan fingerprint density at radius 2 is 1.96 bits per heavy atom. The molecule has 0 radical (unpaired) electrons. The molecule has 2 heterocycles. The summed E-state index contributed by atoms with van der Waals surface area (Å²) in [6.07, 6.45) is 1.26. The quantitative estimate of drug-likeness (QED) is 0.859. The van der Waals surface area contributed by atoms with Crippen LogP contribution in [0.3, 0.4) is 0 Å². The van der Waals surface area contributed by atoms with Gasteiger partial charge >= 0.3 is 5.97 Å². The van der Waals surface area contributed by atoms with E-state index in [9.17, 15) is 19.5 Å². The van der Waals surface area contributed by atoms with Crippen LogP contribution in [-0.2, 0) is 14.4 Å². The Labute approximate surface area is 139 Å². The van der Waals surface area contributed by atoms with Crippen molar-refractivity contribution in [3.8, 4) is 5.75 Å². The van der Waals surface area contributed by atoms with Gasteiger partial charge in [-0.1, -0.05) is 18.2 Å². The van der Waals surface area contributed by atoms with Gasteiger partial charge in [-0.15, -0.1) is 0 Å². The number of fused-ring (bicyclic) bond motifs is 1. The van der Waals surface area contributed by atoms with Gasteiger partial charge in [0.05, 0.1) is 25.6 Å². The fraction of sp³-hybridized carbons (Fsp3) is 0.471. The molecule has 24 heavy (non-hydrogen) atoms. The number of ether oxygens (including phenoxy) is 1. The highest BCUT2D eigenvalue weighted by Gasteiger charge is 2.45. The summed E-state index contributed by atoms with van der Waals surface area (Å²) in [5.41, 5.74) is 0. The lowest BCUT2D eigenvalue weighted by Gasteiger charge is -2.38. The first-order valence-corrected chi connectivity index (χ1v) is 8.06. The lowest BCUT2D eigenvalue weighted by atomic mass is 10.1. The number of nitrogens with zero attached hydrogens (tertiary/aromatic N) is 2. The van der Waals surface area contributed by atoms with Gasteiger partial charge in [0, 0.05) is 6.54 Å². The van der Waals surface area contributed by atoms with Gasteiger partial charge in [-0.05, 0) is 25.0 Å². The molecule has 2 fully saturated rings. The Kier molecular flexibility index (Phi) is 4.69. The number of rotatable bonds is 5. The summed E-state index contributed by atoms with van der Waals surface area (Å²) in [6.45, 7) is 0.601. The topological polar surface area (TPSA) is 87.1 Å². The third-order valence-corrected chi connectivity index (χ3v) is 4.51. The lowest BCUT2D eigenvalue weighted by Crippen LogP contribution is -2.58. The van der Waals surface area contributed by atoms with Crippen LogP contribution in [0.15, 0.2) is 30.3 Å². The second kappa shape index (κ2) is 6.90. The van der Waals surface area contributed by atoms with Crippen molar-refractivity contribution in [2.75, 3.05) is 19.7 Å². The Hall–Kier alpha value is -2.57. The van der Waals surface area contributed by atoms with Gasteiger partial charge in [0.15, 0.2) is 0 Å². The number of carboxylic acid groups (broad SMARTS) is 1. The molecule has 0 aliphatic carbocycles. The second-order valence-electron chi connectivity index (χ2n) is 6.07. The van der Waals surface area contributed by atoms with Gasteiger partial charge in [-0.2, -0.15) is 0 Å². The zero-order valence-electron chi connectivity index (χ0n) is 13.3. The molecule has 2 unspecified atom stereocenters. The van der Waals surface area contributed by atoms with Crippen LogP contribution in [0.2, 0.25) is 0 Å². The average Bonchev–Trinajstić information content (AvgIpc) is 3.00. The van der Waals surface area contributed by atoms with Crippen LogP contribution < -0.4 is 4.74 Å². The summed E-state index contributed by atoms with van der Waals surface area (Å²) in [5.74, 6) is -0.695. The minimum absolute atomic E-state index is 0.0511. The third kappa shape index (κ3) is 3.34. The fourth-order valence-electron chi connectivity index (χ4n) is 3.37. The van der Waals surface area contributed by atoms with E-state index in [0.29, 0.717) is 25.1 Å². The molecule has 1 aromatic rings. The van der Waals surface area contributed by atoms with Crippen LogP contribution in [0.1, 0.15) is 19.3 Å². The monoisotopic (exact) mass is 332 g/mol. The van der Waals surface area contributed by atoms with Crippen molar-refractivity contribution in [2.45, 2.75) is 31.3 Å². The van der Waals surface area contributed by atoms with E-state index in [2.05, 4.69) is 0 Å². The van der Waals surface area contributed by atoms with Crippen LogP contribution in [-0.4, -0.2) is 64.5 Å². The molecule has 2 aliphatic heterocycles. The summed E-state index contributed by atoms with van der Waals surface area (Å²) in [5, 5.41) is 9.18. The largest absolute Gasteiger partial charge is 0.493 e. The second-order valence-corrected chi connectivity index (χ2v) is 6.07. The molecule has 0 bridgehead atoms. The molecule has 3 rings (SSSR count). The van der Waals surface area contributed by atoms with E-state index in [4.69, 9.17) is 4.74 Å². The third-order valence-electron chi connectivity index (χ3n) is 4.51. The number of carbonyl (C=O) groups excluding carboxylic acids is 2. The first kappa shape index (κ1) is 16.3. The predicted molar refractivity (Wildman–Crippen MR) is 84.4 cm³/mol. The molecule has 1 aromatic carbocycles. The van der Waals surface area contributed by atoms with Crippen LogP contribution in [0.5, 0.6) is 5.75 Å². The molecule has 2 saturated heterocycles. The molecule has 0 saturated carbocycles. The number of carboxylic acids is 1. The highest BCUT2D eigenvalue weighted by molar-refractivity contribution is 5.90. The normalized spacial score (nSPS) is 23.1. The van der Waals surface area contributed by atoms with Crippen LogP contribution in [0.4, 0.5) is 0 Å². The molecule has 2 aliphatic rings. The van der Waals surface area contributed by atoms with E-state index in [-0.39, 0.29) is 37.4 Å². The summed E-state index contributed by atoms with van der Waals surface area (Å²) >= 11 is 0. The van der Waals surface area contributed by atoms with E-state index >= 15 is 0 Å². The molecule has 0 aromatic heterocycles. The Morgan fingerprint density at radius 3 is 2.67 bits per heavy atom. The standard InChI is InChI=1S/C17H20N2O5/c20-15(8-9-24-13-4-2-1-3-5-13)18-10-12-6-7-14(17(22)23)19(12)16(21)11-18/h1-5,12,14H,6-11H2,(H,22,23). The molecular formula is C17H20N2O5. The molecule has 128 valence electrons. The molecule has 0 spiro atoms. The van der Waals surface area contributed by atoms with Gasteiger partial charge in [-0.3, -0.25) is 9.59 Å². The first-order chi connectivity index (χ1) is 11.6. The number of amides is 2. The van der Waals surface area contributed by atoms with E-state index in [1.807, 2.05) is 30.3 Å². The van der Waals surface area contributed by atoms with Crippen molar-refractivity contribution in [1.29, 1.82) is 0 Å². The molecule has 2 amide bonds. The number of benzene rings is 1. The Morgan fingerprint density at radius 1 is 1.21 bits per heavy atom. The molecule has 1 N–H and O–H groups in total. The summed E-state index contributed by atoms with van der Waals surface area (Å²) in [7, 11) is 0. The van der Waals surface area contributed by atoms with Crippen molar-refractivity contribution in [3.63, 3.8) is 0 Å². The fourth-order valence-corrected chi connectivity index (χ4v) is 3.37. The van der Waals surface area contributed by atoms with Gasteiger partial charge in [0.1, 0.15) is 11.8 Å². The summed E-state index contributed by atoms with van der Waals surface area (Å²) in [4.78, 5) is 38.7. The maximum absolute atomic E-state index is 12.3. The highest BCUT2D eigenvalue weighted by atomic mass is 16.5. The number of hydrogen-bond donors (Lipinski definition) is 1. The average molecular weight is 332 g/mol. The molecule has 7 heteroatoms. The maximum atomic E-state index is 12.3. The van der Waals surface area contributed by atoms with Crippen LogP contribution in [0, 0.1) is 0 Å². The SMILES string of the molecule is O=C(O)C1CCC2CN(C(=O)CCOc3ccccc3)CC(=O)N21. The van der Waals surface area contributed by atoms with E-state index in [1.165, 1.54) is 9.80 Å². The van der Waals surface area contributed by atoms with Crippen molar-refractivity contribution in [3.05, 3.63) is 30.3 Å². The van der Waals surface area contributed by atoms with Crippen molar-refractivity contribution in [2.24, 2.45) is 0 Å². The Balaban J connectivity index is 1.52.